The third-order valence-corrected chi connectivity index (χ3v) is 5.84. The number of anilines is 1. The lowest BCUT2D eigenvalue weighted by Crippen LogP contribution is -2.44. The van der Waals surface area contributed by atoms with E-state index in [0.717, 1.165) is 19.2 Å². The van der Waals surface area contributed by atoms with Gasteiger partial charge >= 0.3 is 5.97 Å². The zero-order chi connectivity index (χ0) is 19.4. The number of nitrogens with zero attached hydrogens (tertiary/aromatic N) is 3. The van der Waals surface area contributed by atoms with Crippen LogP contribution in [0, 0.1) is 5.82 Å². The fraction of sp³-hybridized carbons (Fsp3) is 0.471. The Hall–Kier alpha value is -1.64. The van der Waals surface area contributed by atoms with Crippen molar-refractivity contribution in [2.24, 2.45) is 0 Å². The molecule has 6 nitrogen and oxygen atoms in total. The number of carbonyl (C=O) groups is 1. The van der Waals surface area contributed by atoms with Gasteiger partial charge in [0.2, 0.25) is 0 Å². The number of rotatable bonds is 5. The van der Waals surface area contributed by atoms with Crippen molar-refractivity contribution in [1.82, 2.24) is 9.80 Å². The molecular formula is C17H23ClFN3O3S. The SMILES string of the molecule is COC(=O)/C(=C\N(C)C)S(=O)c1cc(F)c(N2CCN(C)CC2)cc1Cl. The van der Waals surface area contributed by atoms with Crippen LogP contribution in [0.1, 0.15) is 0 Å². The van der Waals surface area contributed by atoms with E-state index < -0.39 is 22.6 Å². The lowest BCUT2D eigenvalue weighted by Gasteiger charge is -2.34. The van der Waals surface area contributed by atoms with E-state index in [-0.39, 0.29) is 14.8 Å². The van der Waals surface area contributed by atoms with Crippen molar-refractivity contribution < 1.29 is 18.1 Å². The van der Waals surface area contributed by atoms with Gasteiger partial charge in [-0.3, -0.25) is 0 Å². The number of piperazine rings is 1. The van der Waals surface area contributed by atoms with Gasteiger partial charge in [0.25, 0.3) is 0 Å². The molecule has 0 N–H and O–H groups in total. The van der Waals surface area contributed by atoms with E-state index in [0.29, 0.717) is 18.8 Å². The maximum Gasteiger partial charge on any atom is 0.348 e. The van der Waals surface area contributed by atoms with Gasteiger partial charge in [-0.1, -0.05) is 11.6 Å². The Morgan fingerprint density at radius 2 is 1.92 bits per heavy atom. The Bertz CT molecular complexity index is 734. The molecule has 0 bridgehead atoms. The highest BCUT2D eigenvalue weighted by atomic mass is 35.5. The van der Waals surface area contributed by atoms with Crippen molar-refractivity contribution in [3.05, 3.63) is 34.1 Å². The smallest absolute Gasteiger partial charge is 0.348 e. The quantitative estimate of drug-likeness (QED) is 0.553. The predicted molar refractivity (Wildman–Crippen MR) is 101 cm³/mol. The minimum Gasteiger partial charge on any atom is -0.465 e. The molecule has 0 saturated carbocycles. The van der Waals surface area contributed by atoms with Crippen LogP contribution in [0.2, 0.25) is 5.02 Å². The number of esters is 1. The molecular weight excluding hydrogens is 381 g/mol. The fourth-order valence-corrected chi connectivity index (χ4v) is 4.17. The maximum absolute atomic E-state index is 14.7. The molecule has 0 radical (unpaired) electrons. The average Bonchev–Trinajstić information content (AvgIpc) is 2.60. The van der Waals surface area contributed by atoms with Gasteiger partial charge in [0.15, 0.2) is 0 Å². The van der Waals surface area contributed by atoms with Crippen molar-refractivity contribution >= 4 is 34.1 Å². The molecule has 1 aromatic carbocycles. The molecule has 1 saturated heterocycles. The van der Waals surface area contributed by atoms with E-state index in [4.69, 9.17) is 11.6 Å². The standard InChI is InChI=1S/C17H23ClFN3O3S/c1-20(2)11-16(17(23)25-4)26(24)15-10-13(19)14(9-12(15)18)22-7-5-21(3)6-8-22/h9-11H,5-8H2,1-4H3/b16-11+. The minimum absolute atomic E-state index is 0.0422. The van der Waals surface area contributed by atoms with Crippen molar-refractivity contribution in [2.75, 3.05) is 59.3 Å². The summed E-state index contributed by atoms with van der Waals surface area (Å²) in [7, 11) is 4.60. The van der Waals surface area contributed by atoms with E-state index in [9.17, 15) is 13.4 Å². The van der Waals surface area contributed by atoms with Crippen LogP contribution in [0.25, 0.3) is 0 Å². The molecule has 0 spiro atoms. The number of carbonyl (C=O) groups excluding carboxylic acids is 1. The Morgan fingerprint density at radius 3 is 2.46 bits per heavy atom. The largest absolute Gasteiger partial charge is 0.465 e. The first-order valence-electron chi connectivity index (χ1n) is 8.05. The Labute approximate surface area is 160 Å². The topological polar surface area (TPSA) is 53.1 Å². The van der Waals surface area contributed by atoms with Gasteiger partial charge in [-0.25, -0.2) is 13.4 Å². The first-order valence-corrected chi connectivity index (χ1v) is 9.58. The summed E-state index contributed by atoms with van der Waals surface area (Å²) in [4.78, 5) is 17.5. The van der Waals surface area contributed by atoms with Crippen molar-refractivity contribution in [2.45, 2.75) is 4.90 Å². The van der Waals surface area contributed by atoms with Gasteiger partial charge < -0.3 is 19.4 Å². The molecule has 1 heterocycles. The third-order valence-electron chi connectivity index (χ3n) is 4.01. The molecule has 26 heavy (non-hydrogen) atoms. The van der Waals surface area contributed by atoms with E-state index in [2.05, 4.69) is 9.64 Å². The van der Waals surface area contributed by atoms with E-state index in [1.807, 2.05) is 11.9 Å². The van der Waals surface area contributed by atoms with Gasteiger partial charge in [-0.15, -0.1) is 0 Å². The molecule has 0 aromatic heterocycles. The van der Waals surface area contributed by atoms with E-state index in [1.165, 1.54) is 19.4 Å². The summed E-state index contributed by atoms with van der Waals surface area (Å²) in [6.07, 6.45) is 1.38. The monoisotopic (exact) mass is 403 g/mol. The summed E-state index contributed by atoms with van der Waals surface area (Å²) in [5.74, 6) is -1.27. The summed E-state index contributed by atoms with van der Waals surface area (Å²) < 4.78 is 32.2. The van der Waals surface area contributed by atoms with Crippen molar-refractivity contribution in [3.63, 3.8) is 0 Å². The highest BCUT2D eigenvalue weighted by Crippen LogP contribution is 2.32. The summed E-state index contributed by atoms with van der Waals surface area (Å²) >= 11 is 6.28. The van der Waals surface area contributed by atoms with Crippen LogP contribution in [0.3, 0.4) is 0 Å². The molecule has 2 rings (SSSR count). The van der Waals surface area contributed by atoms with Gasteiger partial charge in [-0.2, -0.15) is 0 Å². The number of hydrogen-bond donors (Lipinski definition) is 0. The van der Waals surface area contributed by atoms with Crippen LogP contribution in [0.4, 0.5) is 10.1 Å². The number of hydrogen-bond acceptors (Lipinski definition) is 6. The van der Waals surface area contributed by atoms with Crippen LogP contribution >= 0.6 is 11.6 Å². The van der Waals surface area contributed by atoms with Crippen LogP contribution in [-0.4, -0.2) is 74.4 Å². The zero-order valence-corrected chi connectivity index (χ0v) is 16.9. The van der Waals surface area contributed by atoms with Crippen LogP contribution in [0.5, 0.6) is 0 Å². The summed E-state index contributed by atoms with van der Waals surface area (Å²) in [6.45, 7) is 3.01. The Morgan fingerprint density at radius 1 is 1.31 bits per heavy atom. The third kappa shape index (κ3) is 4.75. The van der Waals surface area contributed by atoms with Gasteiger partial charge in [0, 0.05) is 46.5 Å². The van der Waals surface area contributed by atoms with Gasteiger partial charge in [-0.05, 0) is 19.2 Å². The summed E-state index contributed by atoms with van der Waals surface area (Å²) in [5.41, 5.74) is 0.375. The first-order chi connectivity index (χ1) is 12.2. The number of benzene rings is 1. The number of likely N-dealkylation sites (N-methyl/N-ethyl adjacent to an activating group) is 1. The number of halogens is 2. The normalized spacial score (nSPS) is 17.2. The predicted octanol–water partition coefficient (Wildman–Crippen LogP) is 1.91. The second kappa shape index (κ2) is 8.83. The van der Waals surface area contributed by atoms with E-state index >= 15 is 0 Å². The van der Waals surface area contributed by atoms with Crippen molar-refractivity contribution in [3.8, 4) is 0 Å². The molecule has 1 aliphatic rings. The molecule has 9 heteroatoms. The highest BCUT2D eigenvalue weighted by molar-refractivity contribution is 7.90. The fourth-order valence-electron chi connectivity index (χ4n) is 2.58. The van der Waals surface area contributed by atoms with Crippen LogP contribution in [0.15, 0.2) is 28.1 Å². The number of ether oxygens (including phenoxy) is 1. The van der Waals surface area contributed by atoms with Crippen LogP contribution < -0.4 is 4.90 Å². The maximum atomic E-state index is 14.7. The lowest BCUT2D eigenvalue weighted by atomic mass is 10.2. The minimum atomic E-state index is -1.97. The molecule has 1 fully saturated rings. The van der Waals surface area contributed by atoms with Crippen molar-refractivity contribution in [1.29, 1.82) is 0 Å². The van der Waals surface area contributed by atoms with Gasteiger partial charge in [0.1, 0.15) is 10.7 Å². The Kier molecular flexibility index (Phi) is 7.02. The molecule has 1 atom stereocenters. The Balaban J connectivity index is 2.37. The zero-order valence-electron chi connectivity index (χ0n) is 15.3. The molecule has 144 valence electrons. The molecule has 0 amide bonds. The van der Waals surface area contributed by atoms with Gasteiger partial charge in [0.05, 0.1) is 33.5 Å². The lowest BCUT2D eigenvalue weighted by molar-refractivity contribution is -0.135. The highest BCUT2D eigenvalue weighted by Gasteiger charge is 2.25. The second-order valence-corrected chi connectivity index (χ2v) is 8.07. The summed E-state index contributed by atoms with van der Waals surface area (Å²) in [5, 5.41) is 0.146. The molecule has 1 aromatic rings. The molecule has 1 aliphatic heterocycles. The first kappa shape index (κ1) is 20.7. The average molecular weight is 404 g/mol. The summed E-state index contributed by atoms with van der Waals surface area (Å²) in [6, 6.07) is 2.61. The molecule has 0 aliphatic carbocycles. The number of methoxy groups -OCH3 is 1. The van der Waals surface area contributed by atoms with E-state index in [1.54, 1.807) is 19.0 Å². The molecule has 1 unspecified atom stereocenters. The second-order valence-electron chi connectivity index (χ2n) is 6.24. The van der Waals surface area contributed by atoms with Crippen LogP contribution in [-0.2, 0) is 20.3 Å².